The predicted molar refractivity (Wildman–Crippen MR) is 110 cm³/mol. The van der Waals surface area contributed by atoms with E-state index in [0.29, 0.717) is 41.7 Å². The summed E-state index contributed by atoms with van der Waals surface area (Å²) in [7, 11) is 4.73. The van der Waals surface area contributed by atoms with Gasteiger partial charge in [0.1, 0.15) is 11.6 Å². The SMILES string of the molecule is COc1ccc(NC(=O)N(C)CCc2noc(COc3ccc(F)cc3)n2)cc1OC. The minimum atomic E-state index is -0.341. The molecule has 2 amide bonds. The van der Waals surface area contributed by atoms with E-state index in [0.717, 1.165) is 0 Å². The molecule has 0 fully saturated rings. The molecule has 0 aliphatic heterocycles. The van der Waals surface area contributed by atoms with Crippen LogP contribution in [0.3, 0.4) is 0 Å². The fourth-order valence-corrected chi connectivity index (χ4v) is 2.63. The Morgan fingerprint density at radius 2 is 1.87 bits per heavy atom. The molecule has 10 heteroatoms. The third-order valence-corrected chi connectivity index (χ3v) is 4.34. The van der Waals surface area contributed by atoms with E-state index in [1.807, 2.05) is 0 Å². The van der Waals surface area contributed by atoms with Crippen LogP contribution in [0.2, 0.25) is 0 Å². The van der Waals surface area contributed by atoms with Crippen molar-refractivity contribution in [3.8, 4) is 17.2 Å². The summed E-state index contributed by atoms with van der Waals surface area (Å²) >= 11 is 0. The molecule has 0 radical (unpaired) electrons. The number of halogens is 1. The molecule has 1 aromatic heterocycles. The highest BCUT2D eigenvalue weighted by Crippen LogP contribution is 2.29. The maximum Gasteiger partial charge on any atom is 0.321 e. The summed E-state index contributed by atoms with van der Waals surface area (Å²) in [4.78, 5) is 18.1. The Kier molecular flexibility index (Phi) is 7.26. The molecule has 0 spiro atoms. The lowest BCUT2D eigenvalue weighted by atomic mass is 10.2. The molecule has 31 heavy (non-hydrogen) atoms. The summed E-state index contributed by atoms with van der Waals surface area (Å²) in [6, 6.07) is 10.4. The van der Waals surface area contributed by atoms with E-state index in [4.69, 9.17) is 18.7 Å². The van der Waals surface area contributed by atoms with Crippen LogP contribution in [0, 0.1) is 5.82 Å². The number of carbonyl (C=O) groups excluding carboxylic acids is 1. The fourth-order valence-electron chi connectivity index (χ4n) is 2.63. The first-order valence-corrected chi connectivity index (χ1v) is 9.42. The van der Waals surface area contributed by atoms with Gasteiger partial charge in [-0.05, 0) is 36.4 Å². The molecule has 9 nitrogen and oxygen atoms in total. The Hall–Kier alpha value is -3.82. The Labute approximate surface area is 178 Å². The smallest absolute Gasteiger partial charge is 0.321 e. The van der Waals surface area contributed by atoms with Crippen molar-refractivity contribution < 1.29 is 27.9 Å². The van der Waals surface area contributed by atoms with Gasteiger partial charge >= 0.3 is 6.03 Å². The third kappa shape index (κ3) is 6.08. The number of benzene rings is 2. The van der Waals surface area contributed by atoms with Crippen molar-refractivity contribution in [2.24, 2.45) is 0 Å². The molecule has 1 N–H and O–H groups in total. The summed E-state index contributed by atoms with van der Waals surface area (Å²) in [5, 5.41) is 6.68. The third-order valence-electron chi connectivity index (χ3n) is 4.34. The Balaban J connectivity index is 1.47. The second-order valence-corrected chi connectivity index (χ2v) is 6.52. The normalized spacial score (nSPS) is 10.5. The summed E-state index contributed by atoms with van der Waals surface area (Å²) in [5.74, 6) is 1.98. The number of anilines is 1. The highest BCUT2D eigenvalue weighted by Gasteiger charge is 2.13. The quantitative estimate of drug-likeness (QED) is 0.555. The van der Waals surface area contributed by atoms with Crippen molar-refractivity contribution in [1.82, 2.24) is 15.0 Å². The molecule has 0 aliphatic rings. The van der Waals surface area contributed by atoms with Crippen LogP contribution in [0.15, 0.2) is 47.0 Å². The highest BCUT2D eigenvalue weighted by molar-refractivity contribution is 5.89. The van der Waals surface area contributed by atoms with Crippen LogP contribution in [0.5, 0.6) is 17.2 Å². The minimum Gasteiger partial charge on any atom is -0.493 e. The molecule has 0 saturated heterocycles. The molecule has 3 rings (SSSR count). The Morgan fingerprint density at radius 1 is 1.13 bits per heavy atom. The Bertz CT molecular complexity index is 1010. The van der Waals surface area contributed by atoms with E-state index in [2.05, 4.69) is 15.5 Å². The van der Waals surface area contributed by atoms with E-state index in [9.17, 15) is 9.18 Å². The first-order chi connectivity index (χ1) is 15.0. The van der Waals surface area contributed by atoms with Crippen molar-refractivity contribution in [1.29, 1.82) is 0 Å². The van der Waals surface area contributed by atoms with Gasteiger partial charge in [0.2, 0.25) is 0 Å². The van der Waals surface area contributed by atoms with Crippen LogP contribution in [0.25, 0.3) is 0 Å². The molecular formula is C21H23FN4O5. The van der Waals surface area contributed by atoms with Gasteiger partial charge in [0.05, 0.1) is 14.2 Å². The lowest BCUT2D eigenvalue weighted by molar-refractivity contribution is 0.222. The Morgan fingerprint density at radius 3 is 2.58 bits per heavy atom. The van der Waals surface area contributed by atoms with Gasteiger partial charge in [-0.25, -0.2) is 9.18 Å². The number of ether oxygens (including phenoxy) is 3. The van der Waals surface area contributed by atoms with Gasteiger partial charge in [0.25, 0.3) is 5.89 Å². The summed E-state index contributed by atoms with van der Waals surface area (Å²) < 4.78 is 33.9. The maximum atomic E-state index is 12.9. The van der Waals surface area contributed by atoms with Gasteiger partial charge in [-0.3, -0.25) is 0 Å². The van der Waals surface area contributed by atoms with Gasteiger partial charge in [-0.15, -0.1) is 0 Å². The van der Waals surface area contributed by atoms with E-state index in [1.54, 1.807) is 32.4 Å². The van der Waals surface area contributed by atoms with Crippen molar-refractivity contribution in [3.05, 3.63) is 60.0 Å². The van der Waals surface area contributed by atoms with Crippen molar-refractivity contribution in [3.63, 3.8) is 0 Å². The van der Waals surface area contributed by atoms with Gasteiger partial charge in [0, 0.05) is 31.8 Å². The molecule has 0 atom stereocenters. The standard InChI is InChI=1S/C21H23FN4O5/c1-26(21(27)23-15-6-9-17(28-2)18(12-15)29-3)11-10-19-24-20(31-25-19)13-30-16-7-4-14(22)5-8-16/h4-9,12H,10-11,13H2,1-3H3,(H,23,27). The fraction of sp³-hybridized carbons (Fsp3) is 0.286. The van der Waals surface area contributed by atoms with Gasteiger partial charge in [-0.1, -0.05) is 5.16 Å². The van der Waals surface area contributed by atoms with Crippen LogP contribution in [0.1, 0.15) is 11.7 Å². The predicted octanol–water partition coefficient (Wildman–Crippen LogP) is 3.51. The molecule has 2 aromatic carbocycles. The number of methoxy groups -OCH3 is 2. The number of rotatable bonds is 9. The highest BCUT2D eigenvalue weighted by atomic mass is 19.1. The van der Waals surface area contributed by atoms with E-state index >= 15 is 0 Å². The van der Waals surface area contributed by atoms with E-state index < -0.39 is 0 Å². The molecule has 1 heterocycles. The van der Waals surface area contributed by atoms with Crippen LogP contribution < -0.4 is 19.5 Å². The van der Waals surface area contributed by atoms with Gasteiger partial charge in [0.15, 0.2) is 23.9 Å². The number of aromatic nitrogens is 2. The van der Waals surface area contributed by atoms with Crippen molar-refractivity contribution in [2.75, 3.05) is 33.1 Å². The summed E-state index contributed by atoms with van der Waals surface area (Å²) in [6.45, 7) is 0.436. The number of nitrogens with one attached hydrogen (secondary N) is 1. The van der Waals surface area contributed by atoms with Crippen LogP contribution in [0.4, 0.5) is 14.9 Å². The zero-order valence-electron chi connectivity index (χ0n) is 17.4. The molecular weight excluding hydrogens is 407 g/mol. The summed E-state index contributed by atoms with van der Waals surface area (Å²) in [5.41, 5.74) is 0.578. The minimum absolute atomic E-state index is 0.0638. The molecule has 0 aliphatic carbocycles. The van der Waals surface area contributed by atoms with E-state index in [1.165, 1.54) is 36.3 Å². The van der Waals surface area contributed by atoms with Gasteiger partial charge < -0.3 is 29.0 Å². The van der Waals surface area contributed by atoms with Crippen LogP contribution >= 0.6 is 0 Å². The first-order valence-electron chi connectivity index (χ1n) is 9.42. The van der Waals surface area contributed by atoms with Crippen molar-refractivity contribution in [2.45, 2.75) is 13.0 Å². The number of hydrogen-bond donors (Lipinski definition) is 1. The number of urea groups is 1. The zero-order valence-corrected chi connectivity index (χ0v) is 17.4. The topological polar surface area (TPSA) is 99.0 Å². The van der Waals surface area contributed by atoms with Crippen LogP contribution in [-0.4, -0.2) is 48.9 Å². The average Bonchev–Trinajstić information content (AvgIpc) is 3.24. The molecule has 0 unspecified atom stereocenters. The number of nitrogens with zero attached hydrogens (tertiary/aromatic N) is 3. The molecule has 0 bridgehead atoms. The number of hydrogen-bond acceptors (Lipinski definition) is 7. The lowest BCUT2D eigenvalue weighted by Crippen LogP contribution is -2.33. The van der Waals surface area contributed by atoms with Crippen LogP contribution in [-0.2, 0) is 13.0 Å². The number of carbonyl (C=O) groups is 1. The first kappa shape index (κ1) is 21.9. The zero-order chi connectivity index (χ0) is 22.2. The summed E-state index contributed by atoms with van der Waals surface area (Å²) in [6.07, 6.45) is 0.399. The molecule has 3 aromatic rings. The number of amides is 2. The largest absolute Gasteiger partial charge is 0.493 e. The monoisotopic (exact) mass is 430 g/mol. The van der Waals surface area contributed by atoms with Gasteiger partial charge in [-0.2, -0.15) is 4.98 Å². The number of likely N-dealkylation sites (N-methyl/N-ethyl adjacent to an activating group) is 1. The second kappa shape index (κ2) is 10.3. The molecule has 0 saturated carbocycles. The average molecular weight is 430 g/mol. The lowest BCUT2D eigenvalue weighted by Gasteiger charge is -2.17. The van der Waals surface area contributed by atoms with E-state index in [-0.39, 0.29) is 24.3 Å². The molecule has 164 valence electrons. The van der Waals surface area contributed by atoms with Crippen molar-refractivity contribution >= 4 is 11.7 Å². The maximum absolute atomic E-state index is 12.9. The second-order valence-electron chi connectivity index (χ2n) is 6.52.